The van der Waals surface area contributed by atoms with Gasteiger partial charge in [-0.05, 0) is 25.1 Å². The van der Waals surface area contributed by atoms with Gasteiger partial charge in [-0.3, -0.25) is 0 Å². The summed E-state index contributed by atoms with van der Waals surface area (Å²) in [5.74, 6) is -0.966. The Morgan fingerprint density at radius 2 is 2.05 bits per heavy atom. The predicted molar refractivity (Wildman–Crippen MR) is 64.8 cm³/mol. The van der Waals surface area contributed by atoms with E-state index >= 15 is 0 Å². The van der Waals surface area contributed by atoms with Crippen molar-refractivity contribution in [2.45, 2.75) is 13.1 Å². The summed E-state index contributed by atoms with van der Waals surface area (Å²) in [4.78, 5) is 12.8. The van der Waals surface area contributed by atoms with E-state index in [1.54, 1.807) is 6.92 Å². The molecule has 8 heteroatoms. The van der Waals surface area contributed by atoms with Gasteiger partial charge in [0.25, 0.3) is 0 Å². The number of aliphatic hydroxyl groups excluding tert-OH is 1. The highest BCUT2D eigenvalue weighted by molar-refractivity contribution is 5.89. The number of aliphatic hydroxyl groups is 1. The monoisotopic (exact) mass is 294 g/mol. The summed E-state index contributed by atoms with van der Waals surface area (Å²) < 4.78 is 50.9. The fourth-order valence-electron chi connectivity index (χ4n) is 1.52. The lowest BCUT2D eigenvalue weighted by atomic mass is 10.2. The van der Waals surface area contributed by atoms with Crippen molar-refractivity contribution in [3.05, 3.63) is 29.6 Å². The highest BCUT2D eigenvalue weighted by atomic mass is 19.4. The maximum atomic E-state index is 13.4. The fraction of sp³-hybridized carbons (Fsp3) is 0.417. The van der Waals surface area contributed by atoms with E-state index in [2.05, 4.69) is 5.32 Å². The van der Waals surface area contributed by atoms with E-state index in [0.717, 1.165) is 4.90 Å². The normalized spacial score (nSPS) is 11.3. The van der Waals surface area contributed by atoms with Crippen LogP contribution in [0.4, 0.5) is 28.0 Å². The molecule has 112 valence electrons. The number of hydrogen-bond acceptors (Lipinski definition) is 2. The first-order valence-corrected chi connectivity index (χ1v) is 5.83. The van der Waals surface area contributed by atoms with Gasteiger partial charge < -0.3 is 15.3 Å². The van der Waals surface area contributed by atoms with Crippen LogP contribution in [0.5, 0.6) is 0 Å². The van der Waals surface area contributed by atoms with E-state index in [1.165, 1.54) is 0 Å². The highest BCUT2D eigenvalue weighted by Gasteiger charge is 2.31. The quantitative estimate of drug-likeness (QED) is 0.839. The van der Waals surface area contributed by atoms with E-state index in [1.807, 2.05) is 0 Å². The van der Waals surface area contributed by atoms with Crippen molar-refractivity contribution in [3.63, 3.8) is 0 Å². The molecule has 0 heterocycles. The molecule has 2 N–H and O–H groups in total. The van der Waals surface area contributed by atoms with Gasteiger partial charge in [0.2, 0.25) is 0 Å². The molecular weight excluding hydrogens is 280 g/mol. The van der Waals surface area contributed by atoms with Crippen molar-refractivity contribution in [3.8, 4) is 0 Å². The van der Waals surface area contributed by atoms with Crippen LogP contribution in [0.25, 0.3) is 0 Å². The third-order valence-electron chi connectivity index (χ3n) is 2.57. The molecule has 0 atom stereocenters. The molecule has 0 aliphatic carbocycles. The summed E-state index contributed by atoms with van der Waals surface area (Å²) in [5.41, 5.74) is -1.61. The second kappa shape index (κ2) is 6.56. The molecule has 1 rings (SSSR count). The van der Waals surface area contributed by atoms with Crippen molar-refractivity contribution in [2.24, 2.45) is 0 Å². The van der Waals surface area contributed by atoms with E-state index in [4.69, 9.17) is 5.11 Å². The zero-order valence-electron chi connectivity index (χ0n) is 10.7. The number of nitrogens with one attached hydrogen (secondary N) is 1. The van der Waals surface area contributed by atoms with E-state index in [-0.39, 0.29) is 19.7 Å². The van der Waals surface area contributed by atoms with Crippen LogP contribution in [0, 0.1) is 5.82 Å². The number of halogens is 4. The lowest BCUT2D eigenvalue weighted by molar-refractivity contribution is -0.137. The lowest BCUT2D eigenvalue weighted by Crippen LogP contribution is -2.37. The average molecular weight is 294 g/mol. The maximum Gasteiger partial charge on any atom is 0.416 e. The molecule has 20 heavy (non-hydrogen) atoms. The molecule has 0 unspecified atom stereocenters. The van der Waals surface area contributed by atoms with Gasteiger partial charge in [0, 0.05) is 13.1 Å². The van der Waals surface area contributed by atoms with Crippen LogP contribution in [-0.2, 0) is 6.18 Å². The summed E-state index contributed by atoms with van der Waals surface area (Å²) in [6.07, 6.45) is -4.62. The fourth-order valence-corrected chi connectivity index (χ4v) is 1.52. The molecular formula is C12H14F4N2O2. The second-order valence-electron chi connectivity index (χ2n) is 3.93. The first-order chi connectivity index (χ1) is 9.29. The molecule has 1 aromatic rings. The lowest BCUT2D eigenvalue weighted by Gasteiger charge is -2.20. The van der Waals surface area contributed by atoms with Gasteiger partial charge in [-0.2, -0.15) is 13.2 Å². The molecule has 0 saturated heterocycles. The van der Waals surface area contributed by atoms with Crippen LogP contribution in [0.1, 0.15) is 12.5 Å². The summed E-state index contributed by atoms with van der Waals surface area (Å²) in [6.45, 7) is 1.56. The average Bonchev–Trinajstić information content (AvgIpc) is 2.37. The van der Waals surface area contributed by atoms with Crippen molar-refractivity contribution in [1.82, 2.24) is 4.90 Å². The van der Waals surface area contributed by atoms with Crippen molar-refractivity contribution < 1.29 is 27.5 Å². The molecule has 0 fully saturated rings. The minimum Gasteiger partial charge on any atom is -0.395 e. The minimum atomic E-state index is -4.62. The Hall–Kier alpha value is -1.83. The Balaban J connectivity index is 2.94. The Morgan fingerprint density at radius 3 is 2.55 bits per heavy atom. The topological polar surface area (TPSA) is 52.6 Å². The second-order valence-corrected chi connectivity index (χ2v) is 3.93. The Bertz CT molecular complexity index is 477. The van der Waals surface area contributed by atoms with E-state index in [0.29, 0.717) is 18.2 Å². The molecule has 0 saturated carbocycles. The van der Waals surface area contributed by atoms with Crippen LogP contribution in [0.2, 0.25) is 0 Å². The Kier molecular flexibility index (Phi) is 5.32. The van der Waals surface area contributed by atoms with E-state index in [9.17, 15) is 22.4 Å². The zero-order chi connectivity index (χ0) is 15.3. The summed E-state index contributed by atoms with van der Waals surface area (Å²) in [5, 5.41) is 10.8. The molecule has 1 aromatic carbocycles. The third-order valence-corrected chi connectivity index (χ3v) is 2.57. The number of rotatable bonds is 4. The number of hydrogen-bond donors (Lipinski definition) is 2. The molecule has 0 aliphatic heterocycles. The van der Waals surface area contributed by atoms with Crippen LogP contribution in [-0.4, -0.2) is 35.7 Å². The number of benzene rings is 1. The van der Waals surface area contributed by atoms with Gasteiger partial charge >= 0.3 is 12.2 Å². The molecule has 0 spiro atoms. The maximum absolute atomic E-state index is 13.4. The molecule has 0 radical (unpaired) electrons. The minimum absolute atomic E-state index is 0.00289. The number of alkyl halides is 3. The molecule has 0 bridgehead atoms. The first-order valence-electron chi connectivity index (χ1n) is 5.83. The number of carbonyl (C=O) groups excluding carboxylic acids is 1. The number of likely N-dealkylation sites (N-methyl/N-ethyl adjacent to an activating group) is 1. The number of urea groups is 1. The molecule has 2 amide bonds. The SMILES string of the molecule is CCN(CCO)C(=O)Nc1cc(C(F)(F)F)ccc1F. The van der Waals surface area contributed by atoms with Crippen LogP contribution in [0.3, 0.4) is 0 Å². The molecule has 4 nitrogen and oxygen atoms in total. The van der Waals surface area contributed by atoms with Gasteiger partial charge in [0.05, 0.1) is 17.9 Å². The third kappa shape index (κ3) is 4.09. The van der Waals surface area contributed by atoms with Gasteiger partial charge in [0.1, 0.15) is 5.82 Å². The van der Waals surface area contributed by atoms with Gasteiger partial charge in [0.15, 0.2) is 0 Å². The first kappa shape index (κ1) is 16.2. The molecule has 0 aromatic heterocycles. The Morgan fingerprint density at radius 1 is 1.40 bits per heavy atom. The standard InChI is InChI=1S/C12H14F4N2O2/c1-2-18(5-6-19)11(20)17-10-7-8(12(14,15)16)3-4-9(10)13/h3-4,7,19H,2,5-6H2,1H3,(H,17,20). The number of anilines is 1. The van der Waals surface area contributed by atoms with Crippen molar-refractivity contribution in [2.75, 3.05) is 25.0 Å². The predicted octanol–water partition coefficient (Wildman–Crippen LogP) is 2.69. The Labute approximate surface area is 113 Å². The van der Waals surface area contributed by atoms with Gasteiger partial charge in [-0.25, -0.2) is 9.18 Å². The van der Waals surface area contributed by atoms with Crippen LogP contribution in [0.15, 0.2) is 18.2 Å². The number of carbonyl (C=O) groups is 1. The molecule has 0 aliphatic rings. The van der Waals surface area contributed by atoms with E-state index < -0.39 is 29.3 Å². The smallest absolute Gasteiger partial charge is 0.395 e. The number of nitrogens with zero attached hydrogens (tertiary/aromatic N) is 1. The van der Waals surface area contributed by atoms with Crippen molar-refractivity contribution in [1.29, 1.82) is 0 Å². The summed E-state index contributed by atoms with van der Waals surface area (Å²) >= 11 is 0. The van der Waals surface area contributed by atoms with Crippen LogP contribution >= 0.6 is 0 Å². The summed E-state index contributed by atoms with van der Waals surface area (Å²) in [7, 11) is 0. The largest absolute Gasteiger partial charge is 0.416 e. The zero-order valence-corrected chi connectivity index (χ0v) is 10.7. The van der Waals surface area contributed by atoms with Gasteiger partial charge in [-0.1, -0.05) is 0 Å². The van der Waals surface area contributed by atoms with Crippen LogP contribution < -0.4 is 5.32 Å². The number of amides is 2. The highest BCUT2D eigenvalue weighted by Crippen LogP contribution is 2.31. The van der Waals surface area contributed by atoms with Gasteiger partial charge in [-0.15, -0.1) is 0 Å². The summed E-state index contributed by atoms with van der Waals surface area (Å²) in [6, 6.07) is 0.983. The van der Waals surface area contributed by atoms with Crippen molar-refractivity contribution >= 4 is 11.7 Å².